The first-order chi connectivity index (χ1) is 11.0. The summed E-state index contributed by atoms with van der Waals surface area (Å²) in [5.41, 5.74) is -0.407. The van der Waals surface area contributed by atoms with Crippen molar-refractivity contribution >= 4 is 5.78 Å². The fourth-order valence-electron chi connectivity index (χ4n) is 7.45. The van der Waals surface area contributed by atoms with Crippen LogP contribution in [-0.4, -0.2) is 16.5 Å². The maximum atomic E-state index is 12.1. The summed E-state index contributed by atoms with van der Waals surface area (Å²) in [5, 5.41) is 10.5. The van der Waals surface area contributed by atoms with Gasteiger partial charge >= 0.3 is 0 Å². The number of Topliss-reactive ketones (excluding diaryl/α,β-unsaturated/α-hetero) is 1. The molecule has 4 fully saturated rings. The number of hydrogen-bond acceptors (Lipinski definition) is 2. The van der Waals surface area contributed by atoms with E-state index in [4.69, 9.17) is 0 Å². The molecule has 0 aromatic carbocycles. The van der Waals surface area contributed by atoms with E-state index in [2.05, 4.69) is 0 Å². The average Bonchev–Trinajstić information content (AvgIpc) is 2.52. The number of carbonyl (C=O) groups is 1. The molecule has 0 spiro atoms. The van der Waals surface area contributed by atoms with E-state index in [1.165, 1.54) is 44.9 Å². The maximum Gasteiger partial charge on any atom is 0.133 e. The van der Waals surface area contributed by atoms with Gasteiger partial charge in [0.1, 0.15) is 5.78 Å². The lowest BCUT2D eigenvalue weighted by Crippen LogP contribution is -2.50. The van der Waals surface area contributed by atoms with Gasteiger partial charge in [0.15, 0.2) is 0 Å². The van der Waals surface area contributed by atoms with Crippen molar-refractivity contribution in [2.24, 2.45) is 41.4 Å². The van der Waals surface area contributed by atoms with E-state index in [1.54, 1.807) is 0 Å². The van der Waals surface area contributed by atoms with Gasteiger partial charge in [-0.25, -0.2) is 0 Å². The van der Waals surface area contributed by atoms with Crippen LogP contribution >= 0.6 is 0 Å². The number of ketones is 1. The summed E-state index contributed by atoms with van der Waals surface area (Å²) in [5.74, 6) is 5.79. The first-order valence-corrected chi connectivity index (χ1v) is 10.2. The van der Waals surface area contributed by atoms with Crippen molar-refractivity contribution in [3.63, 3.8) is 0 Å². The van der Waals surface area contributed by atoms with E-state index in [0.717, 1.165) is 48.9 Å². The Morgan fingerprint density at radius 2 is 1.52 bits per heavy atom. The van der Waals surface area contributed by atoms with Crippen LogP contribution in [-0.2, 0) is 4.79 Å². The Balaban J connectivity index is 1.52. The summed E-state index contributed by atoms with van der Waals surface area (Å²) >= 11 is 0. The van der Waals surface area contributed by atoms with Crippen LogP contribution in [0.4, 0.5) is 0 Å². The zero-order chi connectivity index (χ0) is 16.2. The Morgan fingerprint density at radius 1 is 0.870 bits per heavy atom. The van der Waals surface area contributed by atoms with Gasteiger partial charge < -0.3 is 5.11 Å². The van der Waals surface area contributed by atoms with Gasteiger partial charge in [-0.1, -0.05) is 6.42 Å². The lowest BCUT2D eigenvalue weighted by atomic mass is 9.49. The molecule has 0 aromatic rings. The monoisotopic (exact) mass is 318 g/mol. The quantitative estimate of drug-likeness (QED) is 0.767. The van der Waals surface area contributed by atoms with E-state index < -0.39 is 5.60 Å². The summed E-state index contributed by atoms with van der Waals surface area (Å²) in [6, 6.07) is 0. The second-order valence-electron chi connectivity index (χ2n) is 9.62. The SMILES string of the molecule is CC(=O)[C@@H]1CCC[C@H]2[C@@H]3CC[C@H]4C[C@](C)(O)CC[C@@H]4[C@H]3CC[C@@H]21. The minimum absolute atomic E-state index is 0.375. The van der Waals surface area contributed by atoms with Crippen molar-refractivity contribution in [3.05, 3.63) is 0 Å². The first kappa shape index (κ1) is 16.1. The predicted molar refractivity (Wildman–Crippen MR) is 91.9 cm³/mol. The fourth-order valence-corrected chi connectivity index (χ4v) is 7.45. The Morgan fingerprint density at radius 3 is 2.30 bits per heavy atom. The highest BCUT2D eigenvalue weighted by molar-refractivity contribution is 5.78. The van der Waals surface area contributed by atoms with Crippen molar-refractivity contribution in [3.8, 4) is 0 Å². The van der Waals surface area contributed by atoms with Gasteiger partial charge in [0.05, 0.1) is 5.60 Å². The van der Waals surface area contributed by atoms with Crippen LogP contribution < -0.4 is 0 Å². The molecule has 2 nitrogen and oxygen atoms in total. The molecule has 0 amide bonds. The van der Waals surface area contributed by atoms with E-state index in [0.29, 0.717) is 17.6 Å². The Bertz CT molecular complexity index is 468. The van der Waals surface area contributed by atoms with Crippen LogP contribution in [0.15, 0.2) is 0 Å². The van der Waals surface area contributed by atoms with Crippen molar-refractivity contribution in [2.75, 3.05) is 0 Å². The van der Waals surface area contributed by atoms with Crippen LogP contribution in [0.2, 0.25) is 0 Å². The summed E-state index contributed by atoms with van der Waals surface area (Å²) in [7, 11) is 0. The third kappa shape index (κ3) is 2.79. The lowest BCUT2D eigenvalue weighted by molar-refractivity contribution is -0.131. The molecule has 130 valence electrons. The van der Waals surface area contributed by atoms with Gasteiger partial charge in [-0.2, -0.15) is 0 Å². The van der Waals surface area contributed by atoms with E-state index in [1.807, 2.05) is 13.8 Å². The molecule has 0 heterocycles. The number of fused-ring (bicyclic) bond motifs is 5. The van der Waals surface area contributed by atoms with Crippen LogP contribution in [0, 0.1) is 41.4 Å². The van der Waals surface area contributed by atoms with Crippen LogP contribution in [0.5, 0.6) is 0 Å². The normalized spacial score (nSPS) is 52.9. The third-order valence-corrected chi connectivity index (χ3v) is 8.32. The largest absolute Gasteiger partial charge is 0.390 e. The van der Waals surface area contributed by atoms with Crippen LogP contribution in [0.25, 0.3) is 0 Å². The molecular formula is C21H34O2. The maximum absolute atomic E-state index is 12.1. The molecule has 0 unspecified atom stereocenters. The summed E-state index contributed by atoms with van der Waals surface area (Å²) in [6.07, 6.45) is 12.4. The van der Waals surface area contributed by atoms with Gasteiger partial charge in [-0.05, 0) is 107 Å². The molecule has 2 heteroatoms. The average molecular weight is 319 g/mol. The van der Waals surface area contributed by atoms with Gasteiger partial charge in [0, 0.05) is 5.92 Å². The highest BCUT2D eigenvalue weighted by atomic mass is 16.3. The Kier molecular flexibility index (Phi) is 4.11. The van der Waals surface area contributed by atoms with E-state index in [-0.39, 0.29) is 0 Å². The number of hydrogen-bond donors (Lipinski definition) is 1. The molecule has 0 bridgehead atoms. The minimum Gasteiger partial charge on any atom is -0.390 e. The second-order valence-corrected chi connectivity index (χ2v) is 9.62. The van der Waals surface area contributed by atoms with Crippen molar-refractivity contribution in [1.82, 2.24) is 0 Å². The number of rotatable bonds is 1. The molecule has 0 aromatic heterocycles. The predicted octanol–water partition coefficient (Wildman–Crippen LogP) is 4.60. The molecular weight excluding hydrogens is 284 g/mol. The second kappa shape index (κ2) is 5.86. The molecule has 4 aliphatic carbocycles. The van der Waals surface area contributed by atoms with Crippen LogP contribution in [0.1, 0.15) is 78.1 Å². The Hall–Kier alpha value is -0.370. The van der Waals surface area contributed by atoms with Crippen molar-refractivity contribution in [1.29, 1.82) is 0 Å². The standard InChI is InChI=1S/C21H34O2/c1-13(22)15-4-3-5-17-18(15)8-9-19-16-10-11-21(2,23)12-14(16)6-7-20(17)19/h14-20,23H,3-12H2,1-2H3/t14-,15-,16-,17+,18+,19+,20-,21+/m0/s1. The van der Waals surface area contributed by atoms with Crippen molar-refractivity contribution in [2.45, 2.75) is 83.7 Å². The lowest BCUT2D eigenvalue weighted by Gasteiger charge is -2.56. The smallest absolute Gasteiger partial charge is 0.133 e. The zero-order valence-corrected chi connectivity index (χ0v) is 15.0. The minimum atomic E-state index is -0.407. The Labute approximate surface area is 141 Å². The molecule has 0 aliphatic heterocycles. The van der Waals surface area contributed by atoms with Gasteiger partial charge in [-0.3, -0.25) is 4.79 Å². The molecule has 4 rings (SSSR count). The summed E-state index contributed by atoms with van der Waals surface area (Å²) in [4.78, 5) is 12.1. The molecule has 23 heavy (non-hydrogen) atoms. The third-order valence-electron chi connectivity index (χ3n) is 8.32. The molecule has 0 saturated heterocycles. The fraction of sp³-hybridized carbons (Fsp3) is 0.952. The van der Waals surface area contributed by atoms with Gasteiger partial charge in [0.25, 0.3) is 0 Å². The van der Waals surface area contributed by atoms with E-state index in [9.17, 15) is 9.90 Å². The highest BCUT2D eigenvalue weighted by Gasteiger charge is 2.52. The first-order valence-electron chi connectivity index (χ1n) is 10.2. The van der Waals surface area contributed by atoms with Gasteiger partial charge in [0.2, 0.25) is 0 Å². The zero-order valence-electron chi connectivity index (χ0n) is 15.0. The molecule has 8 atom stereocenters. The highest BCUT2D eigenvalue weighted by Crippen LogP contribution is 2.58. The topological polar surface area (TPSA) is 37.3 Å². The summed E-state index contributed by atoms with van der Waals surface area (Å²) in [6.45, 7) is 3.88. The molecule has 1 N–H and O–H groups in total. The number of aliphatic hydroxyl groups is 1. The molecule has 4 saturated carbocycles. The van der Waals surface area contributed by atoms with E-state index >= 15 is 0 Å². The van der Waals surface area contributed by atoms with Gasteiger partial charge in [-0.15, -0.1) is 0 Å². The van der Waals surface area contributed by atoms with Crippen molar-refractivity contribution < 1.29 is 9.90 Å². The summed E-state index contributed by atoms with van der Waals surface area (Å²) < 4.78 is 0. The molecule has 0 radical (unpaired) electrons. The number of carbonyl (C=O) groups excluding carboxylic acids is 1. The molecule has 4 aliphatic rings. The van der Waals surface area contributed by atoms with Crippen LogP contribution in [0.3, 0.4) is 0 Å².